The van der Waals surface area contributed by atoms with E-state index in [1.165, 1.54) is 6.07 Å². The van der Waals surface area contributed by atoms with Gasteiger partial charge in [0.1, 0.15) is 5.82 Å². The van der Waals surface area contributed by atoms with Crippen molar-refractivity contribution in [3.8, 4) is 0 Å². The van der Waals surface area contributed by atoms with E-state index in [1.54, 1.807) is 6.07 Å². The average Bonchev–Trinajstić information content (AvgIpc) is 2.41. The zero-order valence-corrected chi connectivity index (χ0v) is 13.5. The molecule has 0 fully saturated rings. The number of anilines is 2. The van der Waals surface area contributed by atoms with Gasteiger partial charge in [-0.25, -0.2) is 4.39 Å². The van der Waals surface area contributed by atoms with Crippen LogP contribution in [0.2, 0.25) is 5.02 Å². The van der Waals surface area contributed by atoms with E-state index >= 15 is 0 Å². The lowest BCUT2D eigenvalue weighted by Crippen LogP contribution is -2.22. The van der Waals surface area contributed by atoms with Crippen molar-refractivity contribution in [1.82, 2.24) is 0 Å². The molecule has 0 aliphatic heterocycles. The van der Waals surface area contributed by atoms with Gasteiger partial charge in [-0.1, -0.05) is 23.7 Å². The lowest BCUT2D eigenvalue weighted by atomic mass is 10.1. The van der Waals surface area contributed by atoms with Crippen LogP contribution in [0, 0.1) is 5.82 Å². The van der Waals surface area contributed by atoms with Crippen molar-refractivity contribution < 1.29 is 4.39 Å². The molecule has 2 aromatic rings. The van der Waals surface area contributed by atoms with Crippen LogP contribution in [0.3, 0.4) is 0 Å². The van der Waals surface area contributed by atoms with E-state index < -0.39 is 0 Å². The van der Waals surface area contributed by atoms with Gasteiger partial charge in [-0.05, 0) is 46.6 Å². The maximum Gasteiger partial charge on any atom is 0.139 e. The van der Waals surface area contributed by atoms with Gasteiger partial charge in [0.15, 0.2) is 0 Å². The second kappa shape index (κ2) is 6.02. The van der Waals surface area contributed by atoms with Gasteiger partial charge in [0.2, 0.25) is 0 Å². The largest absolute Gasteiger partial charge is 0.397 e. The Morgan fingerprint density at radius 3 is 2.65 bits per heavy atom. The number of halogens is 3. The third-order valence-corrected chi connectivity index (χ3v) is 4.20. The van der Waals surface area contributed by atoms with Crippen molar-refractivity contribution in [2.75, 3.05) is 17.7 Å². The molecule has 0 radical (unpaired) electrons. The molecule has 1 unspecified atom stereocenters. The van der Waals surface area contributed by atoms with Crippen LogP contribution in [0.15, 0.2) is 40.9 Å². The molecule has 0 aromatic heterocycles. The van der Waals surface area contributed by atoms with Gasteiger partial charge < -0.3 is 10.6 Å². The minimum absolute atomic E-state index is 0.0246. The molecule has 20 heavy (non-hydrogen) atoms. The molecule has 0 amide bonds. The summed E-state index contributed by atoms with van der Waals surface area (Å²) in [7, 11) is 1.88. The van der Waals surface area contributed by atoms with Crippen LogP contribution < -0.4 is 10.6 Å². The first kappa shape index (κ1) is 15.1. The minimum Gasteiger partial charge on any atom is -0.397 e. The third-order valence-electron chi connectivity index (χ3n) is 3.36. The Morgan fingerprint density at radius 2 is 2.00 bits per heavy atom. The Hall–Kier alpha value is -1.26. The molecule has 5 heteroatoms. The lowest BCUT2D eigenvalue weighted by Gasteiger charge is -2.29. The number of hydrogen-bond acceptors (Lipinski definition) is 2. The summed E-state index contributed by atoms with van der Waals surface area (Å²) >= 11 is 9.14. The summed E-state index contributed by atoms with van der Waals surface area (Å²) in [4.78, 5) is 1.93. The fraction of sp³-hybridized carbons (Fsp3) is 0.200. The molecule has 106 valence electrons. The summed E-state index contributed by atoms with van der Waals surface area (Å²) in [5, 5.41) is 0.678. The molecule has 0 bridgehead atoms. The van der Waals surface area contributed by atoms with Gasteiger partial charge in [0, 0.05) is 18.1 Å². The van der Waals surface area contributed by atoms with Crippen LogP contribution in [-0.4, -0.2) is 7.05 Å². The quantitative estimate of drug-likeness (QED) is 0.781. The second-order valence-corrected chi connectivity index (χ2v) is 5.96. The lowest BCUT2D eigenvalue weighted by molar-refractivity contribution is 0.619. The monoisotopic (exact) mass is 356 g/mol. The number of nitrogen functional groups attached to an aromatic ring is 1. The molecule has 0 saturated heterocycles. The zero-order chi connectivity index (χ0) is 14.9. The maximum atomic E-state index is 13.7. The van der Waals surface area contributed by atoms with Crippen molar-refractivity contribution >= 4 is 38.9 Å². The normalized spacial score (nSPS) is 12.2. The SMILES string of the molecule is CC(c1cccc(Cl)c1)N(C)c1cc(F)c(Br)cc1N. The van der Waals surface area contributed by atoms with Gasteiger partial charge in [-0.2, -0.15) is 0 Å². The topological polar surface area (TPSA) is 29.3 Å². The molecule has 2 nitrogen and oxygen atoms in total. The highest BCUT2D eigenvalue weighted by molar-refractivity contribution is 9.10. The third kappa shape index (κ3) is 3.07. The Morgan fingerprint density at radius 1 is 1.30 bits per heavy atom. The smallest absolute Gasteiger partial charge is 0.139 e. The standard InChI is InChI=1S/C15H15BrClFN2/c1-9(10-4-3-5-11(17)6-10)20(2)15-8-13(18)12(16)7-14(15)19/h3-9H,19H2,1-2H3. The molecule has 0 aliphatic carbocycles. The Kier molecular flexibility index (Phi) is 4.55. The van der Waals surface area contributed by atoms with Crippen molar-refractivity contribution in [2.45, 2.75) is 13.0 Å². The molecule has 0 saturated carbocycles. The Balaban J connectivity index is 2.36. The van der Waals surface area contributed by atoms with Crippen molar-refractivity contribution in [2.24, 2.45) is 0 Å². The highest BCUT2D eigenvalue weighted by Gasteiger charge is 2.16. The van der Waals surface area contributed by atoms with Crippen molar-refractivity contribution in [1.29, 1.82) is 0 Å². The number of rotatable bonds is 3. The van der Waals surface area contributed by atoms with Crippen LogP contribution in [0.25, 0.3) is 0 Å². The molecule has 2 rings (SSSR count). The average molecular weight is 358 g/mol. The highest BCUT2D eigenvalue weighted by Crippen LogP contribution is 2.33. The van der Waals surface area contributed by atoms with E-state index in [0.29, 0.717) is 20.9 Å². The first-order valence-corrected chi connectivity index (χ1v) is 7.30. The van der Waals surface area contributed by atoms with E-state index in [-0.39, 0.29) is 11.9 Å². The summed E-state index contributed by atoms with van der Waals surface area (Å²) in [5.74, 6) is -0.334. The van der Waals surface area contributed by atoms with Gasteiger partial charge in [-0.15, -0.1) is 0 Å². The molecular formula is C15H15BrClFN2. The van der Waals surface area contributed by atoms with Crippen LogP contribution in [0.5, 0.6) is 0 Å². The van der Waals surface area contributed by atoms with Gasteiger partial charge in [0.25, 0.3) is 0 Å². The van der Waals surface area contributed by atoms with Gasteiger partial charge >= 0.3 is 0 Å². The molecular weight excluding hydrogens is 343 g/mol. The molecule has 0 heterocycles. The van der Waals surface area contributed by atoms with E-state index in [4.69, 9.17) is 17.3 Å². The van der Waals surface area contributed by atoms with Crippen LogP contribution >= 0.6 is 27.5 Å². The van der Waals surface area contributed by atoms with E-state index in [1.807, 2.05) is 43.1 Å². The molecule has 2 N–H and O–H groups in total. The fourth-order valence-corrected chi connectivity index (χ4v) is 2.62. The molecule has 0 aliphatic rings. The predicted molar refractivity (Wildman–Crippen MR) is 86.8 cm³/mol. The van der Waals surface area contributed by atoms with Crippen LogP contribution in [0.1, 0.15) is 18.5 Å². The second-order valence-electron chi connectivity index (χ2n) is 4.67. The Labute approximate surface area is 131 Å². The summed E-state index contributed by atoms with van der Waals surface area (Å²) < 4.78 is 14.1. The van der Waals surface area contributed by atoms with Gasteiger partial charge in [-0.3, -0.25) is 0 Å². The number of benzene rings is 2. The molecule has 0 spiro atoms. The summed E-state index contributed by atoms with van der Waals surface area (Å²) in [5.41, 5.74) is 8.19. The van der Waals surface area contributed by atoms with Crippen molar-refractivity contribution in [3.05, 3.63) is 57.3 Å². The predicted octanol–water partition coefficient (Wildman–Crippen LogP) is 5.02. The van der Waals surface area contributed by atoms with E-state index in [2.05, 4.69) is 15.9 Å². The summed E-state index contributed by atoms with van der Waals surface area (Å²) in [6.07, 6.45) is 0. The highest BCUT2D eigenvalue weighted by atomic mass is 79.9. The summed E-state index contributed by atoms with van der Waals surface area (Å²) in [6.45, 7) is 2.02. The maximum absolute atomic E-state index is 13.7. The molecule has 1 atom stereocenters. The first-order chi connectivity index (χ1) is 9.40. The van der Waals surface area contributed by atoms with Gasteiger partial charge in [0.05, 0.1) is 21.9 Å². The number of hydrogen-bond donors (Lipinski definition) is 1. The minimum atomic E-state index is -0.334. The molecule has 2 aromatic carbocycles. The van der Waals surface area contributed by atoms with E-state index in [9.17, 15) is 4.39 Å². The number of nitrogens with two attached hydrogens (primary N) is 1. The zero-order valence-electron chi connectivity index (χ0n) is 11.2. The van der Waals surface area contributed by atoms with E-state index in [0.717, 1.165) is 5.56 Å². The van der Waals surface area contributed by atoms with Crippen molar-refractivity contribution in [3.63, 3.8) is 0 Å². The summed E-state index contributed by atoms with van der Waals surface area (Å²) in [6, 6.07) is 10.6. The fourth-order valence-electron chi connectivity index (χ4n) is 2.06. The van der Waals surface area contributed by atoms with Crippen LogP contribution in [0.4, 0.5) is 15.8 Å². The number of nitrogens with zero attached hydrogens (tertiary/aromatic N) is 1. The Bertz CT molecular complexity index is 633. The first-order valence-electron chi connectivity index (χ1n) is 6.13. The van der Waals surface area contributed by atoms with Crippen LogP contribution in [-0.2, 0) is 0 Å².